The Balaban J connectivity index is 3.58. The number of methoxy groups -OCH3 is 2. The Morgan fingerprint density at radius 1 is 1.22 bits per heavy atom. The van der Waals surface area contributed by atoms with Gasteiger partial charge < -0.3 is 14.8 Å². The van der Waals surface area contributed by atoms with Crippen LogP contribution >= 0.6 is 0 Å². The monoisotopic (exact) mass is 331 g/mol. The van der Waals surface area contributed by atoms with Gasteiger partial charge in [0.15, 0.2) is 0 Å². The number of rotatable bonds is 4. The molecule has 1 N–H and O–H groups in total. The Morgan fingerprint density at radius 3 is 2.26 bits per heavy atom. The lowest BCUT2D eigenvalue weighted by atomic mass is 9.99. The molecule has 1 rings (SSSR count). The van der Waals surface area contributed by atoms with Crippen LogP contribution in [0, 0.1) is 6.92 Å². The minimum absolute atomic E-state index is 0.0334. The molecule has 0 spiro atoms. The summed E-state index contributed by atoms with van der Waals surface area (Å²) < 4.78 is 49.1. The summed E-state index contributed by atoms with van der Waals surface area (Å²) in [5.74, 6) is -1.53. The maximum atomic E-state index is 13.3. The molecule has 126 valence electrons. The largest absolute Gasteiger partial charge is 0.497 e. The number of esters is 1. The number of hydrogen-bond donors (Lipinski definition) is 1. The van der Waals surface area contributed by atoms with Crippen molar-refractivity contribution in [3.8, 4) is 5.75 Å². The minimum Gasteiger partial charge on any atom is -0.497 e. The van der Waals surface area contributed by atoms with Gasteiger partial charge in [-0.05, 0) is 36.3 Å². The Bertz CT molecular complexity index is 651. The van der Waals surface area contributed by atoms with Gasteiger partial charge in [0.1, 0.15) is 11.4 Å². The van der Waals surface area contributed by atoms with Gasteiger partial charge in [-0.3, -0.25) is 4.79 Å². The highest BCUT2D eigenvalue weighted by Gasteiger charge is 2.34. The molecule has 23 heavy (non-hydrogen) atoms. The van der Waals surface area contributed by atoms with Crippen molar-refractivity contribution in [3.05, 3.63) is 34.5 Å². The van der Waals surface area contributed by atoms with Crippen molar-refractivity contribution in [3.63, 3.8) is 0 Å². The van der Waals surface area contributed by atoms with E-state index in [1.165, 1.54) is 20.1 Å². The first-order valence-corrected chi connectivity index (χ1v) is 6.43. The predicted octanol–water partition coefficient (Wildman–Crippen LogP) is 2.67. The van der Waals surface area contributed by atoms with Crippen LogP contribution < -0.4 is 10.1 Å². The number of halogens is 3. The summed E-state index contributed by atoms with van der Waals surface area (Å²) in [6.45, 7) is 2.56. The maximum absolute atomic E-state index is 13.3. The predicted molar refractivity (Wildman–Crippen MR) is 76.5 cm³/mol. The van der Waals surface area contributed by atoms with E-state index in [-0.39, 0.29) is 16.9 Å². The molecule has 0 aliphatic rings. The van der Waals surface area contributed by atoms with Crippen molar-refractivity contribution in [2.45, 2.75) is 20.0 Å². The molecule has 0 radical (unpaired) electrons. The van der Waals surface area contributed by atoms with Crippen molar-refractivity contribution < 1.29 is 32.2 Å². The maximum Gasteiger partial charge on any atom is 0.417 e. The Hall–Kier alpha value is -2.51. The number of hydrogen-bond acceptors (Lipinski definition) is 4. The average molecular weight is 331 g/mol. The Kier molecular flexibility index (Phi) is 5.78. The molecule has 1 amide bonds. The zero-order valence-corrected chi connectivity index (χ0v) is 13.0. The van der Waals surface area contributed by atoms with Crippen LogP contribution in [0.25, 0.3) is 6.08 Å². The van der Waals surface area contributed by atoms with Crippen molar-refractivity contribution in [1.82, 2.24) is 5.32 Å². The highest BCUT2D eigenvalue weighted by molar-refractivity contribution is 5.97. The fraction of sp³-hybridized carbons (Fsp3) is 0.333. The van der Waals surface area contributed by atoms with E-state index in [4.69, 9.17) is 4.74 Å². The highest BCUT2D eigenvalue weighted by Crippen LogP contribution is 2.37. The van der Waals surface area contributed by atoms with E-state index in [2.05, 4.69) is 10.1 Å². The summed E-state index contributed by atoms with van der Waals surface area (Å²) in [4.78, 5) is 22.8. The Labute approximate surface area is 131 Å². The van der Waals surface area contributed by atoms with Crippen molar-refractivity contribution in [2.75, 3.05) is 14.2 Å². The van der Waals surface area contributed by atoms with Crippen molar-refractivity contribution >= 4 is 18.0 Å². The first-order chi connectivity index (χ1) is 10.6. The van der Waals surface area contributed by atoms with Gasteiger partial charge in [0.25, 0.3) is 0 Å². The summed E-state index contributed by atoms with van der Waals surface area (Å²) in [5.41, 5.74) is -1.41. The number of carbonyl (C=O) groups is 2. The lowest BCUT2D eigenvalue weighted by Crippen LogP contribution is -2.26. The van der Waals surface area contributed by atoms with Crippen LogP contribution in [0.5, 0.6) is 5.75 Å². The molecule has 5 nitrogen and oxygen atoms in total. The Morgan fingerprint density at radius 2 is 1.83 bits per heavy atom. The molecule has 0 saturated heterocycles. The third-order valence-corrected chi connectivity index (χ3v) is 2.91. The molecule has 0 bridgehead atoms. The fourth-order valence-electron chi connectivity index (χ4n) is 1.90. The molecule has 0 heterocycles. The topological polar surface area (TPSA) is 64.6 Å². The fourth-order valence-corrected chi connectivity index (χ4v) is 1.90. The van der Waals surface area contributed by atoms with Gasteiger partial charge in [0.2, 0.25) is 5.91 Å². The van der Waals surface area contributed by atoms with Crippen LogP contribution in [0.15, 0.2) is 17.8 Å². The third kappa shape index (κ3) is 4.73. The third-order valence-electron chi connectivity index (χ3n) is 2.91. The summed E-state index contributed by atoms with van der Waals surface area (Å²) in [6, 6.07) is 2.21. The number of benzene rings is 1. The van der Waals surface area contributed by atoms with Crippen LogP contribution in [0.4, 0.5) is 13.2 Å². The van der Waals surface area contributed by atoms with Gasteiger partial charge >= 0.3 is 12.1 Å². The molecule has 8 heteroatoms. The molecule has 0 fully saturated rings. The molecule has 1 aromatic rings. The number of ether oxygens (including phenoxy) is 2. The number of carbonyl (C=O) groups excluding carboxylic acids is 2. The van der Waals surface area contributed by atoms with E-state index in [1.807, 2.05) is 0 Å². The molecular formula is C15H16F3NO4. The molecule has 0 aliphatic heterocycles. The van der Waals surface area contributed by atoms with Gasteiger partial charge in [-0.25, -0.2) is 4.79 Å². The molecule has 0 aromatic heterocycles. The molecule has 0 atom stereocenters. The van der Waals surface area contributed by atoms with Crippen LogP contribution in [0.2, 0.25) is 0 Å². The second-order valence-electron chi connectivity index (χ2n) is 4.63. The first-order valence-electron chi connectivity index (χ1n) is 6.43. The van der Waals surface area contributed by atoms with E-state index in [9.17, 15) is 22.8 Å². The second kappa shape index (κ2) is 7.17. The number of nitrogens with one attached hydrogen (secondary N) is 1. The first kappa shape index (κ1) is 18.5. The highest BCUT2D eigenvalue weighted by atomic mass is 19.4. The van der Waals surface area contributed by atoms with E-state index in [0.717, 1.165) is 26.2 Å². The quantitative estimate of drug-likeness (QED) is 0.680. The number of aryl methyl sites for hydroxylation is 1. The van der Waals surface area contributed by atoms with E-state index >= 15 is 0 Å². The smallest absolute Gasteiger partial charge is 0.417 e. The molecule has 0 unspecified atom stereocenters. The normalized spacial score (nSPS) is 11.9. The zero-order chi connectivity index (χ0) is 17.8. The van der Waals surface area contributed by atoms with Gasteiger partial charge in [0.05, 0.1) is 19.8 Å². The summed E-state index contributed by atoms with van der Waals surface area (Å²) >= 11 is 0. The number of alkyl halides is 3. The van der Waals surface area contributed by atoms with Crippen LogP contribution in [0.3, 0.4) is 0 Å². The van der Waals surface area contributed by atoms with Crippen molar-refractivity contribution in [2.24, 2.45) is 0 Å². The summed E-state index contributed by atoms with van der Waals surface area (Å²) in [7, 11) is 2.31. The van der Waals surface area contributed by atoms with E-state index in [0.29, 0.717) is 0 Å². The molecule has 0 saturated carbocycles. The van der Waals surface area contributed by atoms with E-state index in [1.54, 1.807) is 0 Å². The van der Waals surface area contributed by atoms with Gasteiger partial charge in [0, 0.05) is 6.92 Å². The zero-order valence-electron chi connectivity index (χ0n) is 13.0. The number of amides is 1. The molecule has 1 aromatic carbocycles. The summed E-state index contributed by atoms with van der Waals surface area (Å²) in [5, 5.41) is 2.16. The lowest BCUT2D eigenvalue weighted by molar-refractivity contribution is -0.138. The molecule has 0 aliphatic carbocycles. The SMILES string of the molecule is COC(=O)C(=Cc1c(C)cc(OC)cc1C(F)(F)F)NC(C)=O. The minimum atomic E-state index is -4.66. The van der Waals surface area contributed by atoms with E-state index < -0.39 is 29.3 Å². The average Bonchev–Trinajstić information content (AvgIpc) is 2.45. The van der Waals surface area contributed by atoms with Gasteiger partial charge in [-0.2, -0.15) is 13.2 Å². The second-order valence-corrected chi connectivity index (χ2v) is 4.63. The summed E-state index contributed by atoms with van der Waals surface area (Å²) in [6.07, 6.45) is -3.73. The standard InChI is InChI=1S/C15H16F3NO4/c1-8-5-10(22-3)6-12(15(16,17)18)11(8)7-13(14(21)23-4)19-9(2)20/h5-7H,1-4H3,(H,19,20). The molecular weight excluding hydrogens is 315 g/mol. The van der Waals surface area contributed by atoms with Crippen LogP contribution in [0.1, 0.15) is 23.6 Å². The lowest BCUT2D eigenvalue weighted by Gasteiger charge is -2.16. The van der Waals surface area contributed by atoms with Crippen LogP contribution in [-0.4, -0.2) is 26.1 Å². The van der Waals surface area contributed by atoms with Gasteiger partial charge in [-0.15, -0.1) is 0 Å². The van der Waals surface area contributed by atoms with Crippen molar-refractivity contribution in [1.29, 1.82) is 0 Å². The van der Waals surface area contributed by atoms with Crippen LogP contribution in [-0.2, 0) is 20.5 Å². The van der Waals surface area contributed by atoms with Gasteiger partial charge in [-0.1, -0.05) is 0 Å².